The van der Waals surface area contributed by atoms with Crippen molar-refractivity contribution in [3.63, 3.8) is 0 Å². The number of hydrogen-bond acceptors (Lipinski definition) is 3. The number of aromatic nitrogens is 1. The summed E-state index contributed by atoms with van der Waals surface area (Å²) >= 11 is 0. The fraction of sp³-hybridized carbons (Fsp3) is 0.200. The number of fused-ring (bicyclic) bond motifs is 1. The number of rotatable bonds is 6. The minimum absolute atomic E-state index is 0.0369. The Bertz CT molecular complexity index is 1030. The van der Waals surface area contributed by atoms with Gasteiger partial charge in [-0.2, -0.15) is 13.2 Å². The lowest BCUT2D eigenvalue weighted by molar-refractivity contribution is -0.143. The zero-order valence-corrected chi connectivity index (χ0v) is 14.9. The molecule has 2 atom stereocenters. The molecule has 0 aliphatic rings. The van der Waals surface area contributed by atoms with Crippen molar-refractivity contribution in [3.8, 4) is 0 Å². The van der Waals surface area contributed by atoms with E-state index in [0.29, 0.717) is 5.56 Å². The lowest BCUT2D eigenvalue weighted by Crippen LogP contribution is -2.44. The Labute approximate surface area is 163 Å². The van der Waals surface area contributed by atoms with Gasteiger partial charge in [-0.1, -0.05) is 30.3 Å². The molecule has 1 aromatic heterocycles. The van der Waals surface area contributed by atoms with E-state index in [1.165, 1.54) is 0 Å². The summed E-state index contributed by atoms with van der Waals surface area (Å²) in [5.41, 5.74) is 0.475. The van der Waals surface area contributed by atoms with E-state index in [1.807, 2.05) is 12.1 Å². The monoisotopic (exact) mass is 406 g/mol. The maximum Gasteiger partial charge on any atom is 0.416 e. The number of halogens is 3. The summed E-state index contributed by atoms with van der Waals surface area (Å²) in [6.07, 6.45) is -4.74. The summed E-state index contributed by atoms with van der Waals surface area (Å²) in [4.78, 5) is 26.9. The van der Waals surface area contributed by atoms with E-state index >= 15 is 0 Å². The Kier molecular flexibility index (Phi) is 5.60. The standard InChI is InChI=1S/C20H17F3N2O4/c21-20(22,23)13-7-5-11(6-8-13)17(26)18(27)25-16(19(28)29)9-12-10-24-15-4-2-1-3-14(12)15/h1-8,10,16-17,24,26H,9H2,(H,25,27)(H,28,29)/t16-,17+/m0/s1. The maximum atomic E-state index is 12.6. The predicted octanol–water partition coefficient (Wildman–Crippen LogP) is 3.03. The summed E-state index contributed by atoms with van der Waals surface area (Å²) in [6.45, 7) is 0. The molecule has 3 aromatic rings. The first-order valence-corrected chi connectivity index (χ1v) is 8.60. The molecular formula is C20H17F3N2O4. The topological polar surface area (TPSA) is 102 Å². The van der Waals surface area contributed by atoms with Gasteiger partial charge in [-0.25, -0.2) is 4.79 Å². The summed E-state index contributed by atoms with van der Waals surface area (Å²) in [7, 11) is 0. The van der Waals surface area contributed by atoms with E-state index in [2.05, 4.69) is 10.3 Å². The molecule has 0 fully saturated rings. The second kappa shape index (κ2) is 7.96. The molecule has 6 nitrogen and oxygen atoms in total. The molecule has 0 aliphatic carbocycles. The van der Waals surface area contributed by atoms with Crippen molar-refractivity contribution in [3.05, 3.63) is 71.4 Å². The van der Waals surface area contributed by atoms with Crippen LogP contribution < -0.4 is 5.32 Å². The van der Waals surface area contributed by atoms with Crippen molar-refractivity contribution < 1.29 is 33.0 Å². The van der Waals surface area contributed by atoms with Crippen molar-refractivity contribution >= 4 is 22.8 Å². The second-order valence-corrected chi connectivity index (χ2v) is 6.49. The van der Waals surface area contributed by atoms with E-state index < -0.39 is 35.8 Å². The molecule has 0 radical (unpaired) electrons. The van der Waals surface area contributed by atoms with E-state index in [-0.39, 0.29) is 12.0 Å². The third kappa shape index (κ3) is 4.57. The minimum atomic E-state index is -4.54. The van der Waals surface area contributed by atoms with Crippen LogP contribution in [0, 0.1) is 0 Å². The summed E-state index contributed by atoms with van der Waals surface area (Å²) in [5, 5.41) is 22.6. The first-order chi connectivity index (χ1) is 13.7. The van der Waals surface area contributed by atoms with Crippen LogP contribution in [-0.4, -0.2) is 33.1 Å². The van der Waals surface area contributed by atoms with Crippen LogP contribution in [0.2, 0.25) is 0 Å². The molecule has 1 amide bonds. The lowest BCUT2D eigenvalue weighted by Gasteiger charge is -2.18. The fourth-order valence-electron chi connectivity index (χ4n) is 2.98. The molecule has 2 aromatic carbocycles. The number of nitrogens with one attached hydrogen (secondary N) is 2. The lowest BCUT2D eigenvalue weighted by atomic mass is 10.0. The molecule has 3 rings (SSSR count). The van der Waals surface area contributed by atoms with Gasteiger partial charge in [0.1, 0.15) is 6.04 Å². The zero-order valence-electron chi connectivity index (χ0n) is 14.9. The number of benzene rings is 2. The zero-order chi connectivity index (χ0) is 21.2. The van der Waals surface area contributed by atoms with E-state index in [4.69, 9.17) is 0 Å². The van der Waals surface area contributed by atoms with Gasteiger partial charge < -0.3 is 20.5 Å². The van der Waals surface area contributed by atoms with Gasteiger partial charge in [-0.3, -0.25) is 4.79 Å². The smallest absolute Gasteiger partial charge is 0.416 e. The number of amides is 1. The Balaban J connectivity index is 1.73. The number of H-pyrrole nitrogens is 1. The van der Waals surface area contributed by atoms with Gasteiger partial charge in [0, 0.05) is 23.5 Å². The van der Waals surface area contributed by atoms with Crippen LogP contribution >= 0.6 is 0 Å². The van der Waals surface area contributed by atoms with Crippen LogP contribution in [0.25, 0.3) is 10.9 Å². The van der Waals surface area contributed by atoms with E-state index in [9.17, 15) is 33.0 Å². The molecule has 0 aliphatic heterocycles. The number of aliphatic carboxylic acids is 1. The van der Waals surface area contributed by atoms with Crippen LogP contribution in [0.3, 0.4) is 0 Å². The Morgan fingerprint density at radius 3 is 2.34 bits per heavy atom. The molecule has 0 saturated carbocycles. The van der Waals surface area contributed by atoms with Crippen molar-refractivity contribution in [2.24, 2.45) is 0 Å². The first kappa shape index (κ1) is 20.4. The highest BCUT2D eigenvalue weighted by Crippen LogP contribution is 2.30. The Morgan fingerprint density at radius 2 is 1.72 bits per heavy atom. The molecule has 9 heteroatoms. The molecule has 29 heavy (non-hydrogen) atoms. The van der Waals surface area contributed by atoms with Gasteiger partial charge in [0.15, 0.2) is 6.10 Å². The average molecular weight is 406 g/mol. The average Bonchev–Trinajstić information content (AvgIpc) is 3.09. The number of aromatic amines is 1. The number of carbonyl (C=O) groups is 2. The fourth-order valence-corrected chi connectivity index (χ4v) is 2.98. The Hall–Kier alpha value is -3.33. The van der Waals surface area contributed by atoms with Gasteiger partial charge in [-0.05, 0) is 29.3 Å². The highest BCUT2D eigenvalue weighted by molar-refractivity contribution is 5.88. The van der Waals surface area contributed by atoms with Gasteiger partial charge >= 0.3 is 12.1 Å². The third-order valence-electron chi connectivity index (χ3n) is 4.52. The SMILES string of the molecule is O=C(O)[C@H](Cc1c[nH]c2ccccc12)NC(=O)[C@H](O)c1ccc(C(F)(F)F)cc1. The highest BCUT2D eigenvalue weighted by atomic mass is 19.4. The number of aliphatic hydroxyl groups is 1. The number of para-hydroxylation sites is 1. The number of hydrogen-bond donors (Lipinski definition) is 4. The van der Waals surface area contributed by atoms with E-state index in [1.54, 1.807) is 18.3 Å². The van der Waals surface area contributed by atoms with Gasteiger partial charge in [-0.15, -0.1) is 0 Å². The Morgan fingerprint density at radius 1 is 1.07 bits per heavy atom. The molecule has 0 saturated heterocycles. The first-order valence-electron chi connectivity index (χ1n) is 8.60. The van der Waals surface area contributed by atoms with Gasteiger partial charge in [0.25, 0.3) is 5.91 Å². The summed E-state index contributed by atoms with van der Waals surface area (Å²) in [5.74, 6) is -2.32. The van der Waals surface area contributed by atoms with Crippen LogP contribution in [0.5, 0.6) is 0 Å². The van der Waals surface area contributed by atoms with Gasteiger partial charge in [0.05, 0.1) is 5.56 Å². The van der Waals surface area contributed by atoms with Crippen LogP contribution in [0.4, 0.5) is 13.2 Å². The van der Waals surface area contributed by atoms with Crippen molar-refractivity contribution in [1.82, 2.24) is 10.3 Å². The quantitative estimate of drug-likeness (QED) is 0.505. The molecule has 152 valence electrons. The highest BCUT2D eigenvalue weighted by Gasteiger charge is 2.31. The van der Waals surface area contributed by atoms with E-state index in [0.717, 1.165) is 35.2 Å². The number of carboxylic acid groups (broad SMARTS) is 1. The number of carboxylic acids is 1. The van der Waals surface area contributed by atoms with Crippen molar-refractivity contribution in [2.45, 2.75) is 24.7 Å². The largest absolute Gasteiger partial charge is 0.480 e. The van der Waals surface area contributed by atoms with Crippen molar-refractivity contribution in [1.29, 1.82) is 0 Å². The molecule has 4 N–H and O–H groups in total. The summed E-state index contributed by atoms with van der Waals surface area (Å²) < 4.78 is 37.9. The molecular weight excluding hydrogens is 389 g/mol. The number of carbonyl (C=O) groups excluding carboxylic acids is 1. The minimum Gasteiger partial charge on any atom is -0.480 e. The van der Waals surface area contributed by atoms with Crippen LogP contribution in [0.15, 0.2) is 54.7 Å². The van der Waals surface area contributed by atoms with Crippen LogP contribution in [-0.2, 0) is 22.2 Å². The molecule has 0 unspecified atom stereocenters. The molecule has 0 spiro atoms. The van der Waals surface area contributed by atoms with Gasteiger partial charge in [0.2, 0.25) is 0 Å². The number of aliphatic hydroxyl groups excluding tert-OH is 1. The normalized spacial score (nSPS) is 13.8. The predicted molar refractivity (Wildman–Crippen MR) is 98.0 cm³/mol. The second-order valence-electron chi connectivity index (χ2n) is 6.49. The summed E-state index contributed by atoms with van der Waals surface area (Å²) in [6, 6.07) is 9.34. The molecule has 0 bridgehead atoms. The van der Waals surface area contributed by atoms with Crippen LogP contribution in [0.1, 0.15) is 22.8 Å². The third-order valence-corrected chi connectivity index (χ3v) is 4.52. The van der Waals surface area contributed by atoms with Crippen molar-refractivity contribution in [2.75, 3.05) is 0 Å². The molecule has 1 heterocycles. The maximum absolute atomic E-state index is 12.6. The number of alkyl halides is 3.